The average Bonchev–Trinajstić information content (AvgIpc) is 2.45. The van der Waals surface area contributed by atoms with Gasteiger partial charge in [0.1, 0.15) is 5.75 Å². The first kappa shape index (κ1) is 15.5. The smallest absolute Gasteiger partial charge is 0.255 e. The number of halogens is 2. The highest BCUT2D eigenvalue weighted by atomic mass is 35.5. The Hall–Kier alpha value is -1.91. The van der Waals surface area contributed by atoms with Crippen molar-refractivity contribution < 1.29 is 9.53 Å². The molecule has 0 spiro atoms. The van der Waals surface area contributed by atoms with E-state index in [-0.39, 0.29) is 6.61 Å². The standard InChI is InChI=1S/C15H14Cl2N2O2/c16-11-4-5-14(13(17)7-11)19-8-10-2-1-3-12(6-10)21-9-15(18)20/h1-7,19H,8-9H2,(H2,18,20). The summed E-state index contributed by atoms with van der Waals surface area (Å²) < 4.78 is 5.25. The third-order valence-electron chi connectivity index (χ3n) is 2.69. The molecular formula is C15H14Cl2N2O2. The number of carbonyl (C=O) groups is 1. The van der Waals surface area contributed by atoms with Gasteiger partial charge in [-0.05, 0) is 35.9 Å². The van der Waals surface area contributed by atoms with E-state index in [2.05, 4.69) is 5.32 Å². The number of nitrogens with two attached hydrogens (primary N) is 1. The van der Waals surface area contributed by atoms with E-state index in [4.69, 9.17) is 33.7 Å². The summed E-state index contributed by atoms with van der Waals surface area (Å²) in [7, 11) is 0. The van der Waals surface area contributed by atoms with E-state index in [9.17, 15) is 4.79 Å². The second kappa shape index (κ2) is 7.20. The van der Waals surface area contributed by atoms with Gasteiger partial charge in [0.15, 0.2) is 6.61 Å². The Morgan fingerprint density at radius 1 is 1.19 bits per heavy atom. The number of amides is 1. The molecule has 0 unspecified atom stereocenters. The molecule has 21 heavy (non-hydrogen) atoms. The van der Waals surface area contributed by atoms with Gasteiger partial charge in [-0.15, -0.1) is 0 Å². The lowest BCUT2D eigenvalue weighted by Gasteiger charge is -2.10. The molecule has 3 N–H and O–H groups in total. The van der Waals surface area contributed by atoms with Crippen LogP contribution in [0.15, 0.2) is 42.5 Å². The molecule has 2 rings (SSSR count). The zero-order chi connectivity index (χ0) is 15.2. The Labute approximate surface area is 132 Å². The minimum atomic E-state index is -0.508. The largest absolute Gasteiger partial charge is 0.484 e. The highest BCUT2D eigenvalue weighted by Gasteiger charge is 2.03. The second-order valence-corrected chi connectivity index (χ2v) is 5.22. The van der Waals surface area contributed by atoms with Gasteiger partial charge in [0.2, 0.25) is 0 Å². The maximum Gasteiger partial charge on any atom is 0.255 e. The van der Waals surface area contributed by atoms with E-state index in [0.717, 1.165) is 11.3 Å². The number of anilines is 1. The Bertz CT molecular complexity index is 647. The van der Waals surface area contributed by atoms with Gasteiger partial charge >= 0.3 is 0 Å². The van der Waals surface area contributed by atoms with Crippen LogP contribution < -0.4 is 15.8 Å². The zero-order valence-corrected chi connectivity index (χ0v) is 12.6. The molecule has 6 heteroatoms. The summed E-state index contributed by atoms with van der Waals surface area (Å²) in [5, 5.41) is 4.36. The van der Waals surface area contributed by atoms with Crippen molar-refractivity contribution in [3.05, 3.63) is 58.1 Å². The van der Waals surface area contributed by atoms with Crippen molar-refractivity contribution in [3.8, 4) is 5.75 Å². The first-order valence-corrected chi connectivity index (χ1v) is 6.99. The van der Waals surface area contributed by atoms with Crippen molar-refractivity contribution in [1.82, 2.24) is 0 Å². The molecule has 0 aliphatic rings. The molecule has 0 heterocycles. The Balaban J connectivity index is 1.99. The molecule has 0 bridgehead atoms. The Morgan fingerprint density at radius 3 is 2.71 bits per heavy atom. The molecule has 0 saturated heterocycles. The second-order valence-electron chi connectivity index (χ2n) is 4.38. The summed E-state index contributed by atoms with van der Waals surface area (Å²) >= 11 is 11.9. The number of hydrogen-bond donors (Lipinski definition) is 2. The van der Waals surface area contributed by atoms with Crippen LogP contribution in [-0.4, -0.2) is 12.5 Å². The van der Waals surface area contributed by atoms with Crippen LogP contribution in [0.5, 0.6) is 5.75 Å². The van der Waals surface area contributed by atoms with E-state index < -0.39 is 5.91 Å². The Kier molecular flexibility index (Phi) is 5.31. The van der Waals surface area contributed by atoms with Crippen molar-refractivity contribution in [2.75, 3.05) is 11.9 Å². The van der Waals surface area contributed by atoms with Crippen molar-refractivity contribution in [2.45, 2.75) is 6.54 Å². The lowest BCUT2D eigenvalue weighted by Crippen LogP contribution is -2.20. The van der Waals surface area contributed by atoms with Gasteiger partial charge < -0.3 is 15.8 Å². The van der Waals surface area contributed by atoms with Crippen molar-refractivity contribution in [2.24, 2.45) is 5.73 Å². The number of nitrogens with one attached hydrogen (secondary N) is 1. The fourth-order valence-electron chi connectivity index (χ4n) is 1.73. The van der Waals surface area contributed by atoms with Crippen LogP contribution in [0, 0.1) is 0 Å². The Morgan fingerprint density at radius 2 is 2.00 bits per heavy atom. The predicted molar refractivity (Wildman–Crippen MR) is 84.9 cm³/mol. The van der Waals surface area contributed by atoms with Gasteiger partial charge in [0.25, 0.3) is 5.91 Å². The van der Waals surface area contributed by atoms with Crippen LogP contribution >= 0.6 is 23.2 Å². The van der Waals surface area contributed by atoms with E-state index in [1.54, 1.807) is 18.2 Å². The van der Waals surface area contributed by atoms with Crippen LogP contribution in [0.25, 0.3) is 0 Å². The lowest BCUT2D eigenvalue weighted by molar-refractivity contribution is -0.119. The maximum atomic E-state index is 10.7. The van der Waals surface area contributed by atoms with E-state index in [0.29, 0.717) is 22.3 Å². The van der Waals surface area contributed by atoms with Gasteiger partial charge in [-0.3, -0.25) is 4.79 Å². The predicted octanol–water partition coefficient (Wildman–Crippen LogP) is 3.47. The highest BCUT2D eigenvalue weighted by Crippen LogP contribution is 2.26. The molecule has 0 aliphatic carbocycles. The summed E-state index contributed by atoms with van der Waals surface area (Å²) in [4.78, 5) is 10.7. The van der Waals surface area contributed by atoms with Crippen LogP contribution in [0.1, 0.15) is 5.56 Å². The summed E-state index contributed by atoms with van der Waals surface area (Å²) in [5.74, 6) is 0.0850. The van der Waals surface area contributed by atoms with Crippen molar-refractivity contribution >= 4 is 34.8 Å². The lowest BCUT2D eigenvalue weighted by atomic mass is 10.2. The fraction of sp³-hybridized carbons (Fsp3) is 0.133. The molecule has 0 radical (unpaired) electrons. The number of benzene rings is 2. The SMILES string of the molecule is NC(=O)COc1cccc(CNc2ccc(Cl)cc2Cl)c1. The van der Waals surface area contributed by atoms with Crippen LogP contribution in [0.3, 0.4) is 0 Å². The van der Waals surface area contributed by atoms with Crippen molar-refractivity contribution in [3.63, 3.8) is 0 Å². The van der Waals surface area contributed by atoms with Crippen molar-refractivity contribution in [1.29, 1.82) is 0 Å². The monoisotopic (exact) mass is 324 g/mol. The number of ether oxygens (including phenoxy) is 1. The normalized spacial score (nSPS) is 10.2. The molecular weight excluding hydrogens is 311 g/mol. The molecule has 2 aromatic rings. The maximum absolute atomic E-state index is 10.7. The molecule has 0 atom stereocenters. The molecule has 0 saturated carbocycles. The zero-order valence-electron chi connectivity index (χ0n) is 11.1. The number of rotatable bonds is 6. The minimum Gasteiger partial charge on any atom is -0.484 e. The van der Waals surface area contributed by atoms with Gasteiger partial charge in [0.05, 0.1) is 10.7 Å². The molecule has 1 amide bonds. The molecule has 0 aliphatic heterocycles. The number of carbonyl (C=O) groups excluding carboxylic acids is 1. The van der Waals surface area contributed by atoms with Gasteiger partial charge in [0, 0.05) is 11.6 Å². The van der Waals surface area contributed by atoms with Crippen LogP contribution in [0.4, 0.5) is 5.69 Å². The quantitative estimate of drug-likeness (QED) is 0.855. The van der Waals surface area contributed by atoms with Gasteiger partial charge in [-0.2, -0.15) is 0 Å². The van der Waals surface area contributed by atoms with Crippen LogP contribution in [0.2, 0.25) is 10.0 Å². The summed E-state index contributed by atoms with van der Waals surface area (Å²) in [6.45, 7) is 0.426. The van der Waals surface area contributed by atoms with E-state index >= 15 is 0 Å². The highest BCUT2D eigenvalue weighted by molar-refractivity contribution is 6.36. The fourth-order valence-corrected chi connectivity index (χ4v) is 2.21. The van der Waals surface area contributed by atoms with Gasteiger partial charge in [-0.1, -0.05) is 35.3 Å². The topological polar surface area (TPSA) is 64.4 Å². The molecule has 2 aromatic carbocycles. The molecule has 0 fully saturated rings. The molecule has 4 nitrogen and oxygen atoms in total. The number of primary amides is 1. The first-order valence-electron chi connectivity index (χ1n) is 6.23. The minimum absolute atomic E-state index is 0.139. The van der Waals surface area contributed by atoms with Crippen LogP contribution in [-0.2, 0) is 11.3 Å². The third kappa shape index (κ3) is 4.85. The van der Waals surface area contributed by atoms with E-state index in [1.165, 1.54) is 0 Å². The molecule has 110 valence electrons. The van der Waals surface area contributed by atoms with Gasteiger partial charge in [-0.25, -0.2) is 0 Å². The summed E-state index contributed by atoms with van der Waals surface area (Å²) in [6, 6.07) is 12.6. The third-order valence-corrected chi connectivity index (χ3v) is 3.24. The summed E-state index contributed by atoms with van der Waals surface area (Å²) in [5.41, 5.74) is 6.82. The summed E-state index contributed by atoms with van der Waals surface area (Å²) in [6.07, 6.45) is 0. The molecule has 0 aromatic heterocycles. The first-order chi connectivity index (χ1) is 10.0. The average molecular weight is 325 g/mol. The number of hydrogen-bond acceptors (Lipinski definition) is 3. The van der Waals surface area contributed by atoms with E-state index in [1.807, 2.05) is 24.3 Å².